The number of nitrogens with zero attached hydrogens (tertiary/aromatic N) is 3. The lowest BCUT2D eigenvalue weighted by Gasteiger charge is -2.33. The first-order valence-corrected chi connectivity index (χ1v) is 11.0. The van der Waals surface area contributed by atoms with Crippen LogP contribution in [0.1, 0.15) is 11.1 Å². The lowest BCUT2D eigenvalue weighted by molar-refractivity contribution is -0.387. The summed E-state index contributed by atoms with van der Waals surface area (Å²) >= 11 is 0. The maximum atomic E-state index is 12.9. The van der Waals surface area contributed by atoms with Crippen molar-refractivity contribution in [2.45, 2.75) is 18.7 Å². The van der Waals surface area contributed by atoms with E-state index in [1.54, 1.807) is 0 Å². The third-order valence-corrected chi connectivity index (χ3v) is 7.11. The van der Waals surface area contributed by atoms with Gasteiger partial charge in [0.15, 0.2) is 4.90 Å². The van der Waals surface area contributed by atoms with Crippen LogP contribution in [0.4, 0.5) is 11.4 Å². The van der Waals surface area contributed by atoms with Crippen LogP contribution in [0.2, 0.25) is 0 Å². The molecule has 160 valence electrons. The number of sulfonamides is 1. The van der Waals surface area contributed by atoms with Crippen LogP contribution in [-0.2, 0) is 14.8 Å². The van der Waals surface area contributed by atoms with E-state index in [0.717, 1.165) is 16.8 Å². The molecule has 1 aliphatic rings. The fourth-order valence-corrected chi connectivity index (χ4v) is 4.90. The van der Waals surface area contributed by atoms with Crippen LogP contribution < -0.4 is 5.32 Å². The molecule has 3 rings (SSSR count). The minimum atomic E-state index is -3.98. The third-order valence-electron chi connectivity index (χ3n) is 5.17. The fourth-order valence-electron chi connectivity index (χ4n) is 3.32. The van der Waals surface area contributed by atoms with Gasteiger partial charge in [0.05, 0.1) is 11.5 Å². The van der Waals surface area contributed by atoms with Crippen LogP contribution in [0.3, 0.4) is 0 Å². The second-order valence-electron chi connectivity index (χ2n) is 7.25. The van der Waals surface area contributed by atoms with Gasteiger partial charge in [-0.2, -0.15) is 4.31 Å². The molecule has 1 amide bonds. The quantitative estimate of drug-likeness (QED) is 0.553. The van der Waals surface area contributed by atoms with Gasteiger partial charge in [0.25, 0.3) is 5.69 Å². The number of nitro benzene ring substituents is 1. The molecule has 1 aliphatic heterocycles. The first-order chi connectivity index (χ1) is 14.2. The van der Waals surface area contributed by atoms with Crippen molar-refractivity contribution in [2.75, 3.05) is 38.0 Å². The highest BCUT2D eigenvalue weighted by molar-refractivity contribution is 7.89. The second kappa shape index (κ2) is 8.90. The van der Waals surface area contributed by atoms with E-state index in [9.17, 15) is 23.3 Å². The number of piperazine rings is 1. The number of benzene rings is 2. The summed E-state index contributed by atoms with van der Waals surface area (Å²) in [5.74, 6) is -0.173. The van der Waals surface area contributed by atoms with Crippen molar-refractivity contribution in [2.24, 2.45) is 0 Å². The molecule has 2 aromatic rings. The highest BCUT2D eigenvalue weighted by Gasteiger charge is 2.33. The Morgan fingerprint density at radius 3 is 2.37 bits per heavy atom. The number of carbonyl (C=O) groups is 1. The van der Waals surface area contributed by atoms with E-state index >= 15 is 0 Å². The highest BCUT2D eigenvalue weighted by Crippen LogP contribution is 2.26. The second-order valence-corrected chi connectivity index (χ2v) is 9.16. The van der Waals surface area contributed by atoms with Crippen molar-refractivity contribution in [1.82, 2.24) is 9.21 Å². The predicted octanol–water partition coefficient (Wildman–Crippen LogP) is 2.16. The van der Waals surface area contributed by atoms with Gasteiger partial charge in [0.2, 0.25) is 15.9 Å². The van der Waals surface area contributed by atoms with Gasteiger partial charge >= 0.3 is 0 Å². The average Bonchev–Trinajstić information content (AvgIpc) is 2.71. The van der Waals surface area contributed by atoms with E-state index in [2.05, 4.69) is 5.32 Å². The molecular formula is C20H24N4O5S. The number of para-hydroxylation sites is 1. The summed E-state index contributed by atoms with van der Waals surface area (Å²) in [5, 5.41) is 14.0. The SMILES string of the molecule is Cc1ccc(NC(=O)CN2CCN(S(=O)(=O)c3ccccc3[N+](=O)[O-])CC2)cc1C. The molecule has 1 N–H and O–H groups in total. The smallest absolute Gasteiger partial charge is 0.289 e. The van der Waals surface area contributed by atoms with Crippen LogP contribution in [-0.4, -0.2) is 61.2 Å². The van der Waals surface area contributed by atoms with Crippen molar-refractivity contribution in [3.63, 3.8) is 0 Å². The Labute approximate surface area is 175 Å². The summed E-state index contributed by atoms with van der Waals surface area (Å²) in [5.41, 5.74) is 2.51. The topological polar surface area (TPSA) is 113 Å². The maximum absolute atomic E-state index is 12.9. The summed E-state index contributed by atoms with van der Waals surface area (Å²) < 4.78 is 27.0. The molecule has 1 saturated heterocycles. The zero-order valence-corrected chi connectivity index (χ0v) is 17.7. The molecular weight excluding hydrogens is 408 g/mol. The molecule has 1 fully saturated rings. The van der Waals surface area contributed by atoms with Crippen LogP contribution in [0.25, 0.3) is 0 Å². The van der Waals surface area contributed by atoms with Crippen molar-refractivity contribution in [3.05, 3.63) is 63.7 Å². The molecule has 0 saturated carbocycles. The molecule has 0 bridgehead atoms. The van der Waals surface area contributed by atoms with Crippen molar-refractivity contribution in [3.8, 4) is 0 Å². The number of rotatable bonds is 6. The molecule has 9 nitrogen and oxygen atoms in total. The third kappa shape index (κ3) is 4.84. The minimum Gasteiger partial charge on any atom is -0.325 e. The van der Waals surface area contributed by atoms with Crippen LogP contribution in [0.5, 0.6) is 0 Å². The number of nitro groups is 1. The van der Waals surface area contributed by atoms with Crippen LogP contribution in [0, 0.1) is 24.0 Å². The lowest BCUT2D eigenvalue weighted by atomic mass is 10.1. The fraction of sp³-hybridized carbons (Fsp3) is 0.350. The van der Waals surface area contributed by atoms with E-state index < -0.39 is 20.6 Å². The average molecular weight is 433 g/mol. The van der Waals surface area contributed by atoms with Crippen LogP contribution in [0.15, 0.2) is 47.4 Å². The normalized spacial score (nSPS) is 15.7. The Bertz CT molecular complexity index is 1060. The number of aryl methyl sites for hydroxylation is 2. The number of carbonyl (C=O) groups excluding carboxylic acids is 1. The van der Waals surface area contributed by atoms with E-state index in [1.807, 2.05) is 36.9 Å². The zero-order chi connectivity index (χ0) is 21.9. The Balaban J connectivity index is 1.60. The molecule has 10 heteroatoms. The molecule has 2 aromatic carbocycles. The van der Waals surface area contributed by atoms with Gasteiger partial charge in [0.1, 0.15) is 0 Å². The first kappa shape index (κ1) is 21.9. The Kier molecular flexibility index (Phi) is 6.49. The van der Waals surface area contributed by atoms with E-state index in [0.29, 0.717) is 13.1 Å². The summed E-state index contributed by atoms with van der Waals surface area (Å²) in [6, 6.07) is 11.0. The van der Waals surface area contributed by atoms with Crippen molar-refractivity contribution >= 4 is 27.3 Å². The van der Waals surface area contributed by atoms with Crippen LogP contribution >= 0.6 is 0 Å². The summed E-state index contributed by atoms with van der Waals surface area (Å²) in [6.07, 6.45) is 0. The van der Waals surface area contributed by atoms with E-state index in [-0.39, 0.29) is 30.4 Å². The monoisotopic (exact) mass is 432 g/mol. The number of hydrogen-bond donors (Lipinski definition) is 1. The van der Waals surface area contributed by atoms with Crippen molar-refractivity contribution < 1.29 is 18.1 Å². The highest BCUT2D eigenvalue weighted by atomic mass is 32.2. The Hall–Kier alpha value is -2.82. The predicted molar refractivity (Wildman–Crippen MR) is 113 cm³/mol. The number of amides is 1. The zero-order valence-electron chi connectivity index (χ0n) is 16.9. The molecule has 0 aromatic heterocycles. The number of nitrogens with one attached hydrogen (secondary N) is 1. The van der Waals surface area contributed by atoms with E-state index in [1.165, 1.54) is 28.6 Å². The van der Waals surface area contributed by atoms with Gasteiger partial charge in [-0.3, -0.25) is 19.8 Å². The van der Waals surface area contributed by atoms with Gasteiger partial charge in [-0.15, -0.1) is 0 Å². The van der Waals surface area contributed by atoms with Gasteiger partial charge in [-0.05, 0) is 43.2 Å². The number of hydrogen-bond acceptors (Lipinski definition) is 6. The van der Waals surface area contributed by atoms with Crippen molar-refractivity contribution in [1.29, 1.82) is 0 Å². The molecule has 0 spiro atoms. The van der Waals surface area contributed by atoms with E-state index in [4.69, 9.17) is 0 Å². The number of anilines is 1. The Morgan fingerprint density at radius 2 is 1.73 bits per heavy atom. The lowest BCUT2D eigenvalue weighted by Crippen LogP contribution is -2.50. The maximum Gasteiger partial charge on any atom is 0.289 e. The molecule has 0 radical (unpaired) electrons. The Morgan fingerprint density at radius 1 is 1.07 bits per heavy atom. The molecule has 0 unspecified atom stereocenters. The van der Waals surface area contributed by atoms with Gasteiger partial charge in [0, 0.05) is 37.9 Å². The largest absolute Gasteiger partial charge is 0.325 e. The molecule has 30 heavy (non-hydrogen) atoms. The van der Waals surface area contributed by atoms with Gasteiger partial charge in [-0.25, -0.2) is 8.42 Å². The first-order valence-electron chi connectivity index (χ1n) is 9.51. The standard InChI is InChI=1S/C20H24N4O5S/c1-15-7-8-17(13-16(15)2)21-20(25)14-22-9-11-23(12-10-22)30(28,29)19-6-4-3-5-18(19)24(26)27/h3-8,13H,9-12,14H2,1-2H3,(H,21,25). The summed E-state index contributed by atoms with van der Waals surface area (Å²) in [4.78, 5) is 24.4. The van der Waals surface area contributed by atoms with Gasteiger partial charge in [-0.1, -0.05) is 18.2 Å². The minimum absolute atomic E-state index is 0.145. The summed E-state index contributed by atoms with van der Waals surface area (Å²) in [7, 11) is -3.98. The summed E-state index contributed by atoms with van der Waals surface area (Å²) in [6.45, 7) is 5.16. The molecule has 1 heterocycles. The van der Waals surface area contributed by atoms with Gasteiger partial charge < -0.3 is 5.32 Å². The molecule has 0 aliphatic carbocycles. The molecule has 0 atom stereocenters.